The predicted octanol–water partition coefficient (Wildman–Crippen LogP) is 5.12. The van der Waals surface area contributed by atoms with E-state index < -0.39 is 0 Å². The van der Waals surface area contributed by atoms with Crippen molar-refractivity contribution >= 4 is 66.6 Å². The number of benzene rings is 1. The molecule has 1 aromatic carbocycles. The molecule has 1 unspecified atom stereocenters. The molecule has 0 fully saturated rings. The van der Waals surface area contributed by atoms with Gasteiger partial charge in [-0.25, -0.2) is 4.98 Å². The fraction of sp³-hybridized carbons (Fsp3) is 0.278. The minimum absolute atomic E-state index is 0.0833. The van der Waals surface area contributed by atoms with Gasteiger partial charge in [0, 0.05) is 16.4 Å². The van der Waals surface area contributed by atoms with Crippen molar-refractivity contribution < 1.29 is 0 Å². The molecule has 1 aliphatic heterocycles. The van der Waals surface area contributed by atoms with Gasteiger partial charge in [-0.2, -0.15) is 4.98 Å². The highest BCUT2D eigenvalue weighted by atomic mass is 32.2. The summed E-state index contributed by atoms with van der Waals surface area (Å²) in [5, 5.41) is 1.66. The third-order valence-corrected chi connectivity index (χ3v) is 9.27. The molecule has 0 N–H and O–H groups in total. The van der Waals surface area contributed by atoms with Crippen LogP contribution in [0.3, 0.4) is 0 Å². The Labute approximate surface area is 166 Å². The van der Waals surface area contributed by atoms with Crippen LogP contribution < -0.4 is 5.56 Å². The number of rotatable bonds is 3. The topological polar surface area (TPSA) is 47.8 Å². The van der Waals surface area contributed by atoms with Crippen LogP contribution in [-0.2, 0) is 0 Å². The molecule has 0 saturated carbocycles. The van der Waals surface area contributed by atoms with Crippen molar-refractivity contribution in [2.75, 3.05) is 11.5 Å². The second kappa shape index (κ2) is 6.37. The normalized spacial score (nSPS) is 16.6. The van der Waals surface area contributed by atoms with E-state index in [1.54, 1.807) is 46.2 Å². The molecule has 26 heavy (non-hydrogen) atoms. The van der Waals surface area contributed by atoms with Crippen LogP contribution in [0.2, 0.25) is 0 Å². The molecule has 1 atom stereocenters. The molecule has 4 nitrogen and oxygen atoms in total. The van der Waals surface area contributed by atoms with E-state index in [4.69, 9.17) is 4.98 Å². The van der Waals surface area contributed by atoms with Gasteiger partial charge >= 0.3 is 0 Å². The van der Waals surface area contributed by atoms with Gasteiger partial charge in [0.2, 0.25) is 0 Å². The number of para-hydroxylation sites is 1. The molecule has 4 aromatic rings. The maximum atomic E-state index is 12.4. The molecule has 0 amide bonds. The van der Waals surface area contributed by atoms with Crippen molar-refractivity contribution in [3.8, 4) is 0 Å². The van der Waals surface area contributed by atoms with Crippen molar-refractivity contribution in [3.05, 3.63) is 45.1 Å². The third kappa shape index (κ3) is 2.62. The third-order valence-electron chi connectivity index (χ3n) is 4.65. The maximum absolute atomic E-state index is 12.4. The number of fused-ring (bicyclic) bond motifs is 4. The van der Waals surface area contributed by atoms with Gasteiger partial charge in [-0.1, -0.05) is 35.7 Å². The molecule has 5 rings (SSSR count). The SMILES string of the molecule is Cc1sc2c(c1C)c(=O)nc1n2C(CSc2nc3ccccc3s2)CS1. The summed E-state index contributed by atoms with van der Waals surface area (Å²) in [5.74, 6) is 1.90. The van der Waals surface area contributed by atoms with Crippen molar-refractivity contribution in [2.45, 2.75) is 29.4 Å². The average molecular weight is 418 g/mol. The number of thioether (sulfide) groups is 2. The summed E-state index contributed by atoms with van der Waals surface area (Å²) in [6, 6.07) is 8.60. The van der Waals surface area contributed by atoms with E-state index in [2.05, 4.69) is 34.7 Å². The van der Waals surface area contributed by atoms with Crippen molar-refractivity contribution in [1.29, 1.82) is 0 Å². The molecule has 0 bridgehead atoms. The number of aryl methyl sites for hydroxylation is 2. The molecular formula is C18H15N3OS4. The van der Waals surface area contributed by atoms with Gasteiger partial charge < -0.3 is 4.57 Å². The van der Waals surface area contributed by atoms with Crippen molar-refractivity contribution in [2.24, 2.45) is 0 Å². The highest BCUT2D eigenvalue weighted by molar-refractivity contribution is 8.01. The monoisotopic (exact) mass is 417 g/mol. The highest BCUT2D eigenvalue weighted by Crippen LogP contribution is 2.41. The van der Waals surface area contributed by atoms with Crippen LogP contribution in [0.15, 0.2) is 38.6 Å². The van der Waals surface area contributed by atoms with Crippen LogP contribution in [0.5, 0.6) is 0 Å². The van der Waals surface area contributed by atoms with E-state index in [1.165, 1.54) is 9.58 Å². The van der Waals surface area contributed by atoms with Crippen LogP contribution in [0, 0.1) is 13.8 Å². The summed E-state index contributed by atoms with van der Waals surface area (Å²) in [7, 11) is 0. The van der Waals surface area contributed by atoms with Gasteiger partial charge in [0.1, 0.15) is 4.83 Å². The number of nitrogens with zero attached hydrogens (tertiary/aromatic N) is 3. The van der Waals surface area contributed by atoms with Crippen molar-refractivity contribution in [1.82, 2.24) is 14.5 Å². The largest absolute Gasteiger partial charge is 0.307 e. The lowest BCUT2D eigenvalue weighted by molar-refractivity contribution is 0.595. The van der Waals surface area contributed by atoms with Gasteiger partial charge in [0.15, 0.2) is 9.50 Å². The molecule has 0 saturated heterocycles. The zero-order chi connectivity index (χ0) is 17.8. The van der Waals surface area contributed by atoms with E-state index in [0.717, 1.165) is 42.3 Å². The summed E-state index contributed by atoms with van der Waals surface area (Å²) in [6.45, 7) is 4.11. The Hall–Kier alpha value is -1.35. The number of thiophene rings is 1. The highest BCUT2D eigenvalue weighted by Gasteiger charge is 2.28. The predicted molar refractivity (Wildman–Crippen MR) is 113 cm³/mol. The Kier molecular flexibility index (Phi) is 4.11. The standard InChI is InChI=1S/C18H15N3OS4/c1-9-10(2)25-16-14(9)15(22)20-17-21(16)11(7-23-17)8-24-18-19-12-5-3-4-6-13(12)26-18/h3-6,11H,7-8H2,1-2H3. The molecule has 0 spiro atoms. The molecular weight excluding hydrogens is 402 g/mol. The first-order chi connectivity index (χ1) is 12.6. The first-order valence-corrected chi connectivity index (χ1v) is 11.9. The minimum Gasteiger partial charge on any atom is -0.307 e. The number of aromatic nitrogens is 3. The lowest BCUT2D eigenvalue weighted by atomic mass is 10.2. The van der Waals surface area contributed by atoms with Gasteiger partial charge in [0.05, 0.1) is 21.6 Å². The first-order valence-electron chi connectivity index (χ1n) is 8.25. The Morgan fingerprint density at radius 3 is 2.92 bits per heavy atom. The second-order valence-electron chi connectivity index (χ2n) is 6.26. The number of thiazole rings is 1. The second-order valence-corrected chi connectivity index (χ2v) is 10.7. The molecule has 4 heterocycles. The molecule has 132 valence electrons. The van der Waals surface area contributed by atoms with Crippen LogP contribution in [-0.4, -0.2) is 26.0 Å². The van der Waals surface area contributed by atoms with Crippen LogP contribution in [0.4, 0.5) is 0 Å². The van der Waals surface area contributed by atoms with E-state index in [0.29, 0.717) is 6.04 Å². The van der Waals surface area contributed by atoms with Gasteiger partial charge in [0.25, 0.3) is 5.56 Å². The fourth-order valence-corrected chi connectivity index (χ4v) is 7.92. The van der Waals surface area contributed by atoms with E-state index in [-0.39, 0.29) is 5.56 Å². The summed E-state index contributed by atoms with van der Waals surface area (Å²) >= 11 is 6.95. The Balaban J connectivity index is 1.49. The molecule has 0 radical (unpaired) electrons. The van der Waals surface area contributed by atoms with Gasteiger partial charge in [-0.3, -0.25) is 4.79 Å². The summed E-state index contributed by atoms with van der Waals surface area (Å²) in [4.78, 5) is 23.8. The lowest BCUT2D eigenvalue weighted by Gasteiger charge is -2.13. The quantitative estimate of drug-likeness (QED) is 0.342. The van der Waals surface area contributed by atoms with Crippen LogP contribution in [0.25, 0.3) is 20.4 Å². The summed E-state index contributed by atoms with van der Waals surface area (Å²) in [6.07, 6.45) is 0. The fourth-order valence-electron chi connectivity index (χ4n) is 3.19. The molecule has 8 heteroatoms. The van der Waals surface area contributed by atoms with Gasteiger partial charge in [-0.15, -0.1) is 22.7 Å². The summed E-state index contributed by atoms with van der Waals surface area (Å²) < 4.78 is 4.62. The lowest BCUT2D eigenvalue weighted by Crippen LogP contribution is -2.16. The molecule has 3 aromatic heterocycles. The van der Waals surface area contributed by atoms with E-state index in [1.807, 2.05) is 13.0 Å². The molecule has 0 aliphatic carbocycles. The first kappa shape index (κ1) is 16.8. The average Bonchev–Trinajstić information content (AvgIpc) is 3.29. The zero-order valence-electron chi connectivity index (χ0n) is 14.2. The van der Waals surface area contributed by atoms with E-state index in [9.17, 15) is 4.79 Å². The molecule has 1 aliphatic rings. The number of hydrogen-bond donors (Lipinski definition) is 0. The Bertz CT molecular complexity index is 1170. The Morgan fingerprint density at radius 1 is 1.23 bits per heavy atom. The van der Waals surface area contributed by atoms with Crippen LogP contribution in [0.1, 0.15) is 16.5 Å². The number of hydrogen-bond acceptors (Lipinski definition) is 7. The van der Waals surface area contributed by atoms with E-state index >= 15 is 0 Å². The van der Waals surface area contributed by atoms with Gasteiger partial charge in [-0.05, 0) is 31.5 Å². The maximum Gasteiger partial charge on any atom is 0.282 e. The zero-order valence-corrected chi connectivity index (χ0v) is 17.4. The smallest absolute Gasteiger partial charge is 0.282 e. The minimum atomic E-state index is -0.0833. The Morgan fingerprint density at radius 2 is 2.08 bits per heavy atom. The van der Waals surface area contributed by atoms with Crippen molar-refractivity contribution in [3.63, 3.8) is 0 Å². The summed E-state index contributed by atoms with van der Waals surface area (Å²) in [5.41, 5.74) is 2.06. The van der Waals surface area contributed by atoms with Crippen LogP contribution >= 0.6 is 46.2 Å².